The molecule has 0 saturated carbocycles. The molecule has 154 valence electrons. The Labute approximate surface area is 171 Å². The summed E-state index contributed by atoms with van der Waals surface area (Å²) < 4.78 is 27.8. The largest absolute Gasteiger partial charge is 0.354 e. The first-order valence-corrected chi connectivity index (χ1v) is 9.67. The molecule has 4 rings (SSSR count). The molecule has 1 aliphatic rings. The van der Waals surface area contributed by atoms with Gasteiger partial charge in [0.05, 0.1) is 11.6 Å². The van der Waals surface area contributed by atoms with Gasteiger partial charge >= 0.3 is 0 Å². The molecule has 2 aromatic carbocycles. The molecule has 30 heavy (non-hydrogen) atoms. The molecular weight excluding hydrogens is 390 g/mol. The molecule has 1 atom stereocenters. The van der Waals surface area contributed by atoms with Gasteiger partial charge in [-0.25, -0.2) is 8.78 Å². The predicted molar refractivity (Wildman–Crippen MR) is 110 cm³/mol. The van der Waals surface area contributed by atoms with Gasteiger partial charge in [-0.1, -0.05) is 6.07 Å². The van der Waals surface area contributed by atoms with E-state index in [0.717, 1.165) is 6.42 Å². The lowest BCUT2D eigenvalue weighted by molar-refractivity contribution is -0.120. The van der Waals surface area contributed by atoms with Crippen LogP contribution in [-0.2, 0) is 4.79 Å². The van der Waals surface area contributed by atoms with Crippen molar-refractivity contribution < 1.29 is 13.6 Å². The maximum atomic E-state index is 13.4. The Bertz CT molecular complexity index is 1110. The molecule has 1 aromatic heterocycles. The number of carbonyl (C=O) groups is 1. The smallest absolute Gasteiger partial charge is 0.271 e. The first-order valence-electron chi connectivity index (χ1n) is 9.67. The van der Waals surface area contributed by atoms with Crippen LogP contribution in [0.3, 0.4) is 0 Å². The van der Waals surface area contributed by atoms with Gasteiger partial charge in [-0.2, -0.15) is 4.68 Å². The number of nitrogens with zero attached hydrogens (tertiary/aromatic N) is 3. The maximum absolute atomic E-state index is 13.4. The van der Waals surface area contributed by atoms with Gasteiger partial charge in [-0.15, -0.1) is 5.10 Å². The highest BCUT2D eigenvalue weighted by molar-refractivity contribution is 5.93. The second-order valence-electron chi connectivity index (χ2n) is 7.20. The number of aromatic nitrogens is 2. The van der Waals surface area contributed by atoms with E-state index in [2.05, 4.69) is 10.4 Å². The van der Waals surface area contributed by atoms with Crippen LogP contribution < -0.4 is 15.8 Å². The van der Waals surface area contributed by atoms with Crippen molar-refractivity contribution in [1.82, 2.24) is 9.78 Å². The zero-order chi connectivity index (χ0) is 21.1. The van der Waals surface area contributed by atoms with Gasteiger partial charge in [0.1, 0.15) is 17.5 Å². The second-order valence-corrected chi connectivity index (χ2v) is 7.20. The molecule has 2 heterocycles. The van der Waals surface area contributed by atoms with Crippen molar-refractivity contribution in [1.29, 1.82) is 0 Å². The lowest BCUT2D eigenvalue weighted by atomic mass is 9.97. The second kappa shape index (κ2) is 8.44. The zero-order valence-electron chi connectivity index (χ0n) is 16.1. The monoisotopic (exact) mass is 410 g/mol. The summed E-state index contributed by atoms with van der Waals surface area (Å²) >= 11 is 0. The van der Waals surface area contributed by atoms with E-state index in [4.69, 9.17) is 0 Å². The number of piperidine rings is 1. The molecule has 0 bridgehead atoms. The lowest BCUT2D eigenvalue weighted by Gasteiger charge is -2.32. The van der Waals surface area contributed by atoms with E-state index >= 15 is 0 Å². The summed E-state index contributed by atoms with van der Waals surface area (Å²) in [5.74, 6) is -0.731. The quantitative estimate of drug-likeness (QED) is 0.716. The van der Waals surface area contributed by atoms with Gasteiger partial charge < -0.3 is 10.2 Å². The number of hydrogen-bond donors (Lipinski definition) is 1. The van der Waals surface area contributed by atoms with Crippen LogP contribution in [-0.4, -0.2) is 28.8 Å². The van der Waals surface area contributed by atoms with E-state index in [1.54, 1.807) is 18.2 Å². The van der Waals surface area contributed by atoms with Crippen LogP contribution in [0.5, 0.6) is 0 Å². The van der Waals surface area contributed by atoms with Crippen LogP contribution in [0.4, 0.5) is 20.3 Å². The first kappa shape index (κ1) is 19.8. The molecule has 1 saturated heterocycles. The van der Waals surface area contributed by atoms with E-state index in [-0.39, 0.29) is 17.4 Å². The highest BCUT2D eigenvalue weighted by Gasteiger charge is 2.27. The van der Waals surface area contributed by atoms with Crippen molar-refractivity contribution in [2.24, 2.45) is 5.92 Å². The fourth-order valence-electron chi connectivity index (χ4n) is 3.55. The van der Waals surface area contributed by atoms with Gasteiger partial charge in [-0.05, 0) is 61.4 Å². The lowest BCUT2D eigenvalue weighted by Crippen LogP contribution is -2.41. The molecule has 3 aromatic rings. The standard InChI is InChI=1S/C22H20F2N4O2/c23-16-6-8-19(9-7-16)28-21(29)11-10-20(26-28)27-12-2-3-15(14-27)22(30)25-18-5-1-4-17(24)13-18/h1,4-11,13,15H,2-3,12,14H2,(H,25,30)/t15-/m0/s1. The summed E-state index contributed by atoms with van der Waals surface area (Å²) in [6.45, 7) is 1.12. The Morgan fingerprint density at radius 1 is 1.03 bits per heavy atom. The average Bonchev–Trinajstić information content (AvgIpc) is 2.75. The molecular formula is C22H20F2N4O2. The number of amides is 1. The third-order valence-corrected chi connectivity index (χ3v) is 5.07. The molecule has 1 fully saturated rings. The SMILES string of the molecule is O=C(Nc1cccc(F)c1)[C@H]1CCCN(c2ccc(=O)n(-c3ccc(F)cc3)n2)C1. The van der Waals surface area contributed by atoms with E-state index in [1.807, 2.05) is 4.90 Å². The van der Waals surface area contributed by atoms with Gasteiger partial charge in [-0.3, -0.25) is 9.59 Å². The Morgan fingerprint density at radius 3 is 2.60 bits per heavy atom. The van der Waals surface area contributed by atoms with Crippen LogP contribution in [0.2, 0.25) is 0 Å². The van der Waals surface area contributed by atoms with Crippen molar-refractivity contribution in [3.63, 3.8) is 0 Å². The van der Waals surface area contributed by atoms with Gasteiger partial charge in [0.2, 0.25) is 5.91 Å². The van der Waals surface area contributed by atoms with Crippen LogP contribution in [0.25, 0.3) is 5.69 Å². The Balaban J connectivity index is 1.52. The summed E-state index contributed by atoms with van der Waals surface area (Å²) in [6.07, 6.45) is 1.48. The maximum Gasteiger partial charge on any atom is 0.271 e. The predicted octanol–water partition coefficient (Wildman–Crippen LogP) is 3.37. The molecule has 0 spiro atoms. The number of hydrogen-bond acceptors (Lipinski definition) is 4. The van der Waals surface area contributed by atoms with E-state index in [1.165, 1.54) is 47.1 Å². The number of anilines is 2. The Kier molecular flexibility index (Phi) is 5.56. The van der Waals surface area contributed by atoms with Crippen molar-refractivity contribution in [3.8, 4) is 5.69 Å². The minimum absolute atomic E-state index is 0.183. The van der Waals surface area contributed by atoms with Crippen molar-refractivity contribution in [2.75, 3.05) is 23.3 Å². The minimum Gasteiger partial charge on any atom is -0.354 e. The number of nitrogens with one attached hydrogen (secondary N) is 1. The topological polar surface area (TPSA) is 67.2 Å². The molecule has 0 unspecified atom stereocenters. The third-order valence-electron chi connectivity index (χ3n) is 5.07. The van der Waals surface area contributed by atoms with Crippen LogP contribution in [0, 0.1) is 17.6 Å². The summed E-state index contributed by atoms with van der Waals surface area (Å²) in [7, 11) is 0. The van der Waals surface area contributed by atoms with Crippen molar-refractivity contribution in [2.45, 2.75) is 12.8 Å². The first-order chi connectivity index (χ1) is 14.5. The average molecular weight is 410 g/mol. The fraction of sp³-hybridized carbons (Fsp3) is 0.227. The van der Waals surface area contributed by atoms with Gasteiger partial charge in [0.15, 0.2) is 0 Å². The number of benzene rings is 2. The van der Waals surface area contributed by atoms with E-state index < -0.39 is 11.6 Å². The molecule has 6 nitrogen and oxygen atoms in total. The Hall–Kier alpha value is -3.55. The van der Waals surface area contributed by atoms with E-state index in [9.17, 15) is 18.4 Å². The van der Waals surface area contributed by atoms with Crippen LogP contribution >= 0.6 is 0 Å². The molecule has 1 N–H and O–H groups in total. The summed E-state index contributed by atoms with van der Waals surface area (Å²) in [4.78, 5) is 26.8. The minimum atomic E-state index is -0.412. The number of carbonyl (C=O) groups excluding carboxylic acids is 1. The summed E-state index contributed by atoms with van der Waals surface area (Å²) in [6, 6.07) is 14.3. The van der Waals surface area contributed by atoms with Crippen molar-refractivity contribution in [3.05, 3.63) is 82.7 Å². The number of rotatable bonds is 4. The highest BCUT2D eigenvalue weighted by atomic mass is 19.1. The summed E-state index contributed by atoms with van der Waals surface area (Å²) in [5, 5.41) is 7.17. The Morgan fingerprint density at radius 2 is 1.83 bits per heavy atom. The van der Waals surface area contributed by atoms with Gasteiger partial charge in [0.25, 0.3) is 5.56 Å². The normalized spacial score (nSPS) is 16.3. The summed E-state index contributed by atoms with van der Waals surface area (Å²) in [5.41, 5.74) is 0.545. The fourth-order valence-corrected chi connectivity index (χ4v) is 3.55. The highest BCUT2D eigenvalue weighted by Crippen LogP contribution is 2.23. The molecule has 1 aliphatic heterocycles. The zero-order valence-corrected chi connectivity index (χ0v) is 16.1. The van der Waals surface area contributed by atoms with E-state index in [0.29, 0.717) is 36.7 Å². The molecule has 1 amide bonds. The molecule has 8 heteroatoms. The van der Waals surface area contributed by atoms with Crippen LogP contribution in [0.1, 0.15) is 12.8 Å². The third kappa shape index (κ3) is 4.37. The number of halogens is 2. The van der Waals surface area contributed by atoms with Crippen LogP contribution in [0.15, 0.2) is 65.5 Å². The van der Waals surface area contributed by atoms with Crippen molar-refractivity contribution >= 4 is 17.4 Å². The molecule has 0 aliphatic carbocycles. The van der Waals surface area contributed by atoms with Gasteiger partial charge in [0, 0.05) is 24.8 Å². The molecule has 0 radical (unpaired) electrons.